The lowest BCUT2D eigenvalue weighted by Gasteiger charge is -2.43. The van der Waals surface area contributed by atoms with Crippen molar-refractivity contribution in [1.82, 2.24) is 4.90 Å². The highest BCUT2D eigenvalue weighted by Gasteiger charge is 2.37. The van der Waals surface area contributed by atoms with Crippen LogP contribution in [0, 0.1) is 6.92 Å². The van der Waals surface area contributed by atoms with E-state index in [4.69, 9.17) is 0 Å². The molecule has 27 heavy (non-hydrogen) atoms. The average molecular weight is 383 g/mol. The zero-order valence-corrected chi connectivity index (χ0v) is 15.8. The summed E-state index contributed by atoms with van der Waals surface area (Å²) in [6.07, 6.45) is -0.331. The largest absolute Gasteiger partial charge is 0.522 e. The molecule has 2 fully saturated rings. The third-order valence-electron chi connectivity index (χ3n) is 6.30. The topological polar surface area (TPSA) is 27.7 Å². The van der Waals surface area contributed by atoms with Crippen LogP contribution in [-0.4, -0.2) is 49.2 Å². The van der Waals surface area contributed by atoms with Gasteiger partial charge in [-0.1, -0.05) is 6.07 Å². The predicted octanol–water partition coefficient (Wildman–Crippen LogP) is 4.50. The minimum atomic E-state index is -4.51. The van der Waals surface area contributed by atoms with Crippen molar-refractivity contribution in [3.8, 4) is 0 Å². The number of hydrogen-bond acceptors (Lipinski definition) is 4. The summed E-state index contributed by atoms with van der Waals surface area (Å²) in [5, 5.41) is 3.48. The summed E-state index contributed by atoms with van der Waals surface area (Å²) in [5.41, 5.74) is 3.79. The van der Waals surface area contributed by atoms with Crippen molar-refractivity contribution < 1.29 is 17.9 Å². The molecule has 4 rings (SSSR count). The van der Waals surface area contributed by atoms with Crippen molar-refractivity contribution in [2.45, 2.75) is 70.0 Å². The first kappa shape index (κ1) is 18.9. The van der Waals surface area contributed by atoms with Gasteiger partial charge in [0.2, 0.25) is 0 Å². The molecule has 0 spiro atoms. The van der Waals surface area contributed by atoms with Gasteiger partial charge in [0.05, 0.1) is 24.1 Å². The monoisotopic (exact) mass is 383 g/mol. The molecule has 2 aliphatic heterocycles. The fraction of sp³-hybridized carbons (Fsp3) is 0.700. The van der Waals surface area contributed by atoms with Crippen LogP contribution in [0.3, 0.4) is 0 Å². The number of alkyl halides is 3. The van der Waals surface area contributed by atoms with Gasteiger partial charge >= 0.3 is 6.36 Å². The number of fused-ring (bicyclic) bond motifs is 1. The molecule has 4 nitrogen and oxygen atoms in total. The van der Waals surface area contributed by atoms with E-state index in [1.807, 2.05) is 0 Å². The minimum absolute atomic E-state index is 0.408. The molecule has 0 radical (unpaired) electrons. The normalized spacial score (nSPS) is 27.5. The number of nitrogens with zero attached hydrogens (tertiary/aromatic N) is 2. The van der Waals surface area contributed by atoms with Gasteiger partial charge in [0.1, 0.15) is 0 Å². The number of ether oxygens (including phenoxy) is 1. The number of anilines is 2. The molecule has 1 saturated heterocycles. The number of benzene rings is 1. The second-order valence-corrected chi connectivity index (χ2v) is 8.09. The Balaban J connectivity index is 1.28. The third kappa shape index (κ3) is 4.35. The Morgan fingerprint density at radius 2 is 1.70 bits per heavy atom. The van der Waals surface area contributed by atoms with E-state index in [-0.39, 0.29) is 0 Å². The van der Waals surface area contributed by atoms with Crippen molar-refractivity contribution in [2.75, 3.05) is 30.0 Å². The summed E-state index contributed by atoms with van der Waals surface area (Å²) in [4.78, 5) is 4.97. The fourth-order valence-corrected chi connectivity index (χ4v) is 4.89. The lowest BCUT2D eigenvalue weighted by molar-refractivity contribution is -0.345. The van der Waals surface area contributed by atoms with Gasteiger partial charge < -0.3 is 15.1 Å². The molecular formula is C20H28F3N3O. The van der Waals surface area contributed by atoms with E-state index >= 15 is 0 Å². The maximum atomic E-state index is 12.4. The van der Waals surface area contributed by atoms with Gasteiger partial charge in [-0.25, -0.2) is 0 Å². The standard InChI is InChI=1S/C20H28F3N3O/c1-14-2-7-18-19(12-14)26(13-24-18)16-8-10-25(11-9-16)15-3-5-17(6-4-15)27-20(21,22)23/h2,7,12,15-17,24H,3-6,8-11,13H2,1H3. The van der Waals surface area contributed by atoms with Crippen molar-refractivity contribution >= 4 is 11.4 Å². The molecule has 7 heteroatoms. The second-order valence-electron chi connectivity index (χ2n) is 8.09. The number of nitrogens with one attached hydrogen (secondary N) is 1. The van der Waals surface area contributed by atoms with Crippen LogP contribution in [0.4, 0.5) is 24.5 Å². The number of likely N-dealkylation sites (tertiary alicyclic amines) is 1. The van der Waals surface area contributed by atoms with Crippen molar-refractivity contribution in [2.24, 2.45) is 0 Å². The fourth-order valence-electron chi connectivity index (χ4n) is 4.89. The summed E-state index contributed by atoms with van der Waals surface area (Å²) in [6.45, 7) is 5.04. The van der Waals surface area contributed by atoms with E-state index in [1.165, 1.54) is 16.9 Å². The Morgan fingerprint density at radius 3 is 2.37 bits per heavy atom. The van der Waals surface area contributed by atoms with Gasteiger partial charge in [-0.15, -0.1) is 13.2 Å². The van der Waals surface area contributed by atoms with Crippen LogP contribution in [0.25, 0.3) is 0 Å². The molecule has 0 unspecified atom stereocenters. The first-order chi connectivity index (χ1) is 12.9. The smallest absolute Gasteiger partial charge is 0.366 e. The molecule has 1 aromatic carbocycles. The highest BCUT2D eigenvalue weighted by Crippen LogP contribution is 2.37. The first-order valence-corrected chi connectivity index (χ1v) is 9.99. The van der Waals surface area contributed by atoms with Crippen LogP contribution >= 0.6 is 0 Å². The van der Waals surface area contributed by atoms with E-state index in [2.05, 4.69) is 45.0 Å². The van der Waals surface area contributed by atoms with Crippen LogP contribution in [0.2, 0.25) is 0 Å². The molecule has 0 bridgehead atoms. The van der Waals surface area contributed by atoms with Crippen molar-refractivity contribution in [3.05, 3.63) is 23.8 Å². The molecule has 150 valence electrons. The van der Waals surface area contributed by atoms with Gasteiger partial charge in [0.15, 0.2) is 0 Å². The summed E-state index contributed by atoms with van der Waals surface area (Å²) >= 11 is 0. The summed E-state index contributed by atoms with van der Waals surface area (Å²) in [6, 6.07) is 7.48. The van der Waals surface area contributed by atoms with Crippen molar-refractivity contribution in [1.29, 1.82) is 0 Å². The number of aryl methyl sites for hydroxylation is 1. The first-order valence-electron chi connectivity index (χ1n) is 9.99. The number of hydrogen-bond donors (Lipinski definition) is 1. The zero-order chi connectivity index (χ0) is 19.0. The quantitative estimate of drug-likeness (QED) is 0.832. The summed E-state index contributed by atoms with van der Waals surface area (Å²) in [7, 11) is 0. The zero-order valence-electron chi connectivity index (χ0n) is 15.8. The van der Waals surface area contributed by atoms with Crippen LogP contribution in [-0.2, 0) is 4.74 Å². The van der Waals surface area contributed by atoms with Crippen LogP contribution < -0.4 is 10.2 Å². The van der Waals surface area contributed by atoms with Crippen LogP contribution in [0.5, 0.6) is 0 Å². The lowest BCUT2D eigenvalue weighted by Crippen LogP contribution is -2.49. The molecule has 0 amide bonds. The predicted molar refractivity (Wildman–Crippen MR) is 99.9 cm³/mol. The van der Waals surface area contributed by atoms with Gasteiger partial charge in [-0.3, -0.25) is 4.74 Å². The van der Waals surface area contributed by atoms with E-state index in [0.717, 1.165) is 45.4 Å². The molecular weight excluding hydrogens is 355 g/mol. The molecule has 3 aliphatic rings. The highest BCUT2D eigenvalue weighted by atomic mass is 19.4. The molecule has 1 aromatic rings. The Morgan fingerprint density at radius 1 is 1.00 bits per heavy atom. The van der Waals surface area contributed by atoms with E-state index < -0.39 is 12.5 Å². The van der Waals surface area contributed by atoms with Crippen LogP contribution in [0.15, 0.2) is 18.2 Å². The van der Waals surface area contributed by atoms with Gasteiger partial charge in [-0.2, -0.15) is 0 Å². The number of halogens is 3. The van der Waals surface area contributed by atoms with Gasteiger partial charge in [-0.05, 0) is 63.1 Å². The van der Waals surface area contributed by atoms with Crippen LogP contribution in [0.1, 0.15) is 44.1 Å². The minimum Gasteiger partial charge on any atom is -0.366 e. The molecule has 1 aliphatic carbocycles. The Kier molecular flexibility index (Phi) is 5.25. The summed E-state index contributed by atoms with van der Waals surface area (Å²) in [5.74, 6) is 0. The molecule has 1 saturated carbocycles. The Hall–Kier alpha value is -1.47. The lowest BCUT2D eigenvalue weighted by atomic mass is 9.90. The Labute approximate surface area is 158 Å². The second kappa shape index (κ2) is 7.51. The highest BCUT2D eigenvalue weighted by molar-refractivity contribution is 5.75. The Bertz CT molecular complexity index is 650. The average Bonchev–Trinajstić information content (AvgIpc) is 3.04. The third-order valence-corrected chi connectivity index (χ3v) is 6.30. The molecule has 1 N–H and O–H groups in total. The summed E-state index contributed by atoms with van der Waals surface area (Å²) < 4.78 is 41.3. The number of piperidine rings is 1. The SMILES string of the molecule is Cc1ccc2c(c1)N(C1CCN(C3CCC(OC(F)(F)F)CC3)CC1)CN2. The maximum Gasteiger partial charge on any atom is 0.522 e. The molecule has 2 heterocycles. The number of rotatable bonds is 3. The van der Waals surface area contributed by atoms with Crippen molar-refractivity contribution in [3.63, 3.8) is 0 Å². The van der Waals surface area contributed by atoms with Gasteiger partial charge in [0.25, 0.3) is 0 Å². The molecule has 0 aromatic heterocycles. The van der Waals surface area contributed by atoms with E-state index in [9.17, 15) is 13.2 Å². The van der Waals surface area contributed by atoms with E-state index in [1.54, 1.807) is 0 Å². The maximum absolute atomic E-state index is 12.4. The van der Waals surface area contributed by atoms with E-state index in [0.29, 0.717) is 24.9 Å². The molecule has 0 atom stereocenters. The van der Waals surface area contributed by atoms with Gasteiger partial charge in [0, 0.05) is 25.2 Å².